The summed E-state index contributed by atoms with van der Waals surface area (Å²) in [6.07, 6.45) is 4.38. The molecule has 1 atom stereocenters. The highest BCUT2D eigenvalue weighted by atomic mass is 32.2. The smallest absolute Gasteiger partial charge is 0.328 e. The number of unbranched alkanes of at least 4 members (excludes halogenated alkanes) is 6. The molecule has 1 unspecified atom stereocenters. The average molecular weight is 341 g/mol. The molecule has 0 aliphatic rings. The van der Waals surface area contributed by atoms with Crippen molar-refractivity contribution in [2.75, 3.05) is 0 Å². The number of carboxylic acids is 2. The predicted molar refractivity (Wildman–Crippen MR) is 81.8 cm³/mol. The van der Waals surface area contributed by atoms with Gasteiger partial charge < -0.3 is 16.4 Å². The zero-order valence-corrected chi connectivity index (χ0v) is 13.8. The normalized spacial score (nSPS) is 13.9. The van der Waals surface area contributed by atoms with E-state index in [0.717, 1.165) is 32.1 Å². The topological polar surface area (TPSA) is 164 Å². The standard InChI is InChI=1S/C13H24O7S.H3N/c1-2-3-4-5-6-7-8-9-13(12(16)17,10-11(14)15)21(18,19)20;/h2-10H2,1H3,(H,14,15)(H,16,17)(H,18,19,20);1H3. The summed E-state index contributed by atoms with van der Waals surface area (Å²) in [6, 6.07) is 0. The largest absolute Gasteiger partial charge is 0.481 e. The third-order valence-electron chi connectivity index (χ3n) is 3.50. The van der Waals surface area contributed by atoms with Crippen LogP contribution in [0.5, 0.6) is 0 Å². The van der Waals surface area contributed by atoms with Crippen LogP contribution in [0.25, 0.3) is 0 Å². The van der Waals surface area contributed by atoms with Crippen molar-refractivity contribution in [3.05, 3.63) is 0 Å². The second-order valence-electron chi connectivity index (χ2n) is 5.22. The van der Waals surface area contributed by atoms with Crippen LogP contribution < -0.4 is 6.15 Å². The lowest BCUT2D eigenvalue weighted by atomic mass is 9.96. The summed E-state index contributed by atoms with van der Waals surface area (Å²) in [5.74, 6) is -3.39. The molecule has 0 rings (SSSR count). The Labute approximate surface area is 131 Å². The Morgan fingerprint density at radius 3 is 1.77 bits per heavy atom. The van der Waals surface area contributed by atoms with Crippen LogP contribution in [0.15, 0.2) is 0 Å². The van der Waals surface area contributed by atoms with E-state index in [2.05, 4.69) is 6.92 Å². The Balaban J connectivity index is 0. The molecule has 0 aliphatic heterocycles. The van der Waals surface area contributed by atoms with Gasteiger partial charge >= 0.3 is 11.9 Å². The van der Waals surface area contributed by atoms with Crippen molar-refractivity contribution in [3.8, 4) is 0 Å². The molecule has 0 radical (unpaired) electrons. The Morgan fingerprint density at radius 2 is 1.41 bits per heavy atom. The molecule has 0 fully saturated rings. The lowest BCUT2D eigenvalue weighted by Gasteiger charge is -2.24. The van der Waals surface area contributed by atoms with E-state index in [0.29, 0.717) is 6.42 Å². The molecular formula is C13H27NO7S. The maximum Gasteiger partial charge on any atom is 0.328 e. The summed E-state index contributed by atoms with van der Waals surface area (Å²) in [5, 5.41) is 17.8. The van der Waals surface area contributed by atoms with E-state index >= 15 is 0 Å². The van der Waals surface area contributed by atoms with Gasteiger partial charge in [-0.3, -0.25) is 14.1 Å². The molecule has 9 heteroatoms. The van der Waals surface area contributed by atoms with Gasteiger partial charge in [0.2, 0.25) is 4.75 Å². The van der Waals surface area contributed by atoms with Crippen LogP contribution in [0.2, 0.25) is 0 Å². The molecule has 0 spiro atoms. The molecule has 8 nitrogen and oxygen atoms in total. The van der Waals surface area contributed by atoms with Crippen LogP contribution in [0, 0.1) is 0 Å². The van der Waals surface area contributed by atoms with E-state index in [1.165, 1.54) is 0 Å². The van der Waals surface area contributed by atoms with Crippen molar-refractivity contribution in [2.45, 2.75) is 69.5 Å². The first-order chi connectivity index (χ1) is 9.67. The van der Waals surface area contributed by atoms with Crippen molar-refractivity contribution in [1.82, 2.24) is 6.15 Å². The third-order valence-corrected chi connectivity index (χ3v) is 5.02. The molecule has 0 saturated heterocycles. The Hall–Kier alpha value is -1.19. The van der Waals surface area contributed by atoms with E-state index in [-0.39, 0.29) is 12.6 Å². The molecule has 22 heavy (non-hydrogen) atoms. The van der Waals surface area contributed by atoms with Gasteiger partial charge in [0.1, 0.15) is 0 Å². The van der Waals surface area contributed by atoms with Crippen LogP contribution in [0.4, 0.5) is 0 Å². The van der Waals surface area contributed by atoms with Crippen LogP contribution in [-0.4, -0.2) is 39.9 Å². The second-order valence-corrected chi connectivity index (χ2v) is 6.95. The van der Waals surface area contributed by atoms with Gasteiger partial charge in [-0.15, -0.1) is 0 Å². The van der Waals surface area contributed by atoms with Gasteiger partial charge in [0, 0.05) is 0 Å². The van der Waals surface area contributed by atoms with Crippen molar-refractivity contribution >= 4 is 22.1 Å². The minimum Gasteiger partial charge on any atom is -0.481 e. The van der Waals surface area contributed by atoms with Gasteiger partial charge in [0.15, 0.2) is 0 Å². The molecule has 0 bridgehead atoms. The minimum absolute atomic E-state index is 0. The first-order valence-corrected chi connectivity index (χ1v) is 8.53. The maximum absolute atomic E-state index is 11.3. The minimum atomic E-state index is -5.00. The van der Waals surface area contributed by atoms with Crippen molar-refractivity contribution < 1.29 is 32.8 Å². The molecular weight excluding hydrogens is 314 g/mol. The molecule has 0 aromatic carbocycles. The highest BCUT2D eigenvalue weighted by Crippen LogP contribution is 2.29. The van der Waals surface area contributed by atoms with Gasteiger partial charge in [0.25, 0.3) is 10.1 Å². The highest BCUT2D eigenvalue weighted by molar-refractivity contribution is 7.88. The van der Waals surface area contributed by atoms with Crippen LogP contribution >= 0.6 is 0 Å². The molecule has 132 valence electrons. The van der Waals surface area contributed by atoms with Crippen molar-refractivity contribution in [3.63, 3.8) is 0 Å². The monoisotopic (exact) mass is 341 g/mol. The Kier molecular flexibility index (Phi) is 11.0. The fraction of sp³-hybridized carbons (Fsp3) is 0.846. The summed E-state index contributed by atoms with van der Waals surface area (Å²) >= 11 is 0. The molecule has 0 amide bonds. The third kappa shape index (κ3) is 7.19. The fourth-order valence-electron chi connectivity index (χ4n) is 2.21. The summed E-state index contributed by atoms with van der Waals surface area (Å²) in [6.45, 7) is 2.08. The van der Waals surface area contributed by atoms with Gasteiger partial charge in [-0.2, -0.15) is 8.42 Å². The summed E-state index contributed by atoms with van der Waals surface area (Å²) in [4.78, 5) is 21.9. The molecule has 0 aliphatic carbocycles. The van der Waals surface area contributed by atoms with Crippen LogP contribution in [-0.2, 0) is 19.7 Å². The lowest BCUT2D eigenvalue weighted by Crippen LogP contribution is -2.48. The highest BCUT2D eigenvalue weighted by Gasteiger charge is 2.51. The average Bonchev–Trinajstić information content (AvgIpc) is 2.34. The quantitative estimate of drug-likeness (QED) is 0.310. The number of hydrogen-bond donors (Lipinski definition) is 4. The van der Waals surface area contributed by atoms with Crippen LogP contribution in [0.1, 0.15) is 64.7 Å². The first-order valence-electron chi connectivity index (χ1n) is 7.09. The van der Waals surface area contributed by atoms with Gasteiger partial charge in [-0.05, 0) is 6.42 Å². The summed E-state index contributed by atoms with van der Waals surface area (Å²) in [7, 11) is -5.00. The molecule has 0 saturated carbocycles. The number of hydrogen-bond acceptors (Lipinski definition) is 5. The van der Waals surface area contributed by atoms with Crippen molar-refractivity contribution in [2.24, 2.45) is 0 Å². The van der Waals surface area contributed by atoms with Gasteiger partial charge in [-0.1, -0.05) is 51.9 Å². The zero-order valence-electron chi connectivity index (χ0n) is 13.0. The van der Waals surface area contributed by atoms with E-state index in [9.17, 15) is 18.0 Å². The van der Waals surface area contributed by atoms with Crippen molar-refractivity contribution in [1.29, 1.82) is 0 Å². The van der Waals surface area contributed by atoms with E-state index < -0.39 is 39.6 Å². The summed E-state index contributed by atoms with van der Waals surface area (Å²) < 4.78 is 29.2. The SMILES string of the molecule is CCCCCCCCCC(CC(=O)O)(C(=O)O)S(=O)(=O)O.N. The molecule has 0 aromatic heterocycles. The number of rotatable bonds is 12. The Bertz CT molecular complexity index is 449. The maximum atomic E-state index is 11.3. The predicted octanol–water partition coefficient (Wildman–Crippen LogP) is 2.48. The van der Waals surface area contributed by atoms with Crippen LogP contribution in [0.3, 0.4) is 0 Å². The lowest BCUT2D eigenvalue weighted by molar-refractivity contribution is -0.147. The van der Waals surface area contributed by atoms with Gasteiger partial charge in [0.05, 0.1) is 6.42 Å². The zero-order chi connectivity index (χ0) is 16.5. The number of carbonyl (C=O) groups is 2. The van der Waals surface area contributed by atoms with E-state index in [1.54, 1.807) is 0 Å². The Morgan fingerprint density at radius 1 is 0.955 bits per heavy atom. The van der Waals surface area contributed by atoms with Gasteiger partial charge in [-0.25, -0.2) is 0 Å². The molecule has 0 aromatic rings. The number of carboxylic acid groups (broad SMARTS) is 2. The fourth-order valence-corrected chi connectivity index (χ4v) is 3.14. The molecule has 6 N–H and O–H groups in total. The van der Waals surface area contributed by atoms with E-state index in [1.807, 2.05) is 0 Å². The second kappa shape index (κ2) is 10.5. The van der Waals surface area contributed by atoms with E-state index in [4.69, 9.17) is 14.8 Å². The summed E-state index contributed by atoms with van der Waals surface area (Å²) in [5.41, 5.74) is 0. The number of aliphatic carboxylic acids is 2. The molecule has 0 heterocycles. The first kappa shape index (κ1) is 23.1.